The molecule has 0 amide bonds. The van der Waals surface area contributed by atoms with E-state index in [1.54, 1.807) is 12.1 Å². The van der Waals surface area contributed by atoms with Crippen LogP contribution in [0.5, 0.6) is 0 Å². The van der Waals surface area contributed by atoms with Crippen molar-refractivity contribution in [2.24, 2.45) is 0 Å². The van der Waals surface area contributed by atoms with Crippen LogP contribution in [0.4, 0.5) is 4.39 Å². The van der Waals surface area contributed by atoms with Gasteiger partial charge in [-0.15, -0.1) is 0 Å². The zero-order valence-corrected chi connectivity index (χ0v) is 11.9. The van der Waals surface area contributed by atoms with E-state index in [0.717, 1.165) is 18.5 Å². The maximum Gasteiger partial charge on any atom is 0.134 e. The molecule has 0 saturated heterocycles. The highest BCUT2D eigenvalue weighted by atomic mass is 35.5. The molecule has 1 aliphatic rings. The van der Waals surface area contributed by atoms with Crippen LogP contribution in [0.1, 0.15) is 48.7 Å². The minimum Gasteiger partial charge on any atom is -0.237 e. The normalized spacial score (nSPS) is 15.7. The van der Waals surface area contributed by atoms with Gasteiger partial charge in [-0.2, -0.15) is 0 Å². The van der Waals surface area contributed by atoms with Crippen molar-refractivity contribution in [2.75, 3.05) is 0 Å². The van der Waals surface area contributed by atoms with Gasteiger partial charge in [0.15, 0.2) is 0 Å². The zero-order chi connectivity index (χ0) is 13.9. The molecule has 0 aliphatic heterocycles. The summed E-state index contributed by atoms with van der Waals surface area (Å²) in [6.45, 7) is 0. The lowest BCUT2D eigenvalue weighted by atomic mass is 10.0. The van der Waals surface area contributed by atoms with Gasteiger partial charge in [-0.1, -0.05) is 42.6 Å². The average Bonchev–Trinajstić information content (AvgIpc) is 2.95. The Labute approximate surface area is 123 Å². The molecule has 1 heterocycles. The Morgan fingerprint density at radius 2 is 1.90 bits per heavy atom. The molecular weight excluding hydrogens is 275 g/mol. The molecule has 1 aromatic heterocycles. The van der Waals surface area contributed by atoms with Crippen molar-refractivity contribution in [3.63, 3.8) is 0 Å². The first kappa shape index (κ1) is 13.5. The van der Waals surface area contributed by atoms with E-state index in [4.69, 9.17) is 11.6 Å². The number of halogens is 2. The van der Waals surface area contributed by atoms with Crippen molar-refractivity contribution in [1.29, 1.82) is 0 Å². The van der Waals surface area contributed by atoms with Crippen LogP contribution in [0.25, 0.3) is 0 Å². The van der Waals surface area contributed by atoms with E-state index in [1.807, 2.05) is 12.1 Å². The van der Waals surface area contributed by atoms with E-state index >= 15 is 0 Å². The second kappa shape index (κ2) is 5.88. The summed E-state index contributed by atoms with van der Waals surface area (Å²) < 4.78 is 13.7. The number of hydrogen-bond donors (Lipinski definition) is 0. The van der Waals surface area contributed by atoms with Gasteiger partial charge in [0, 0.05) is 18.0 Å². The van der Waals surface area contributed by atoms with Gasteiger partial charge in [0.05, 0.1) is 0 Å². The van der Waals surface area contributed by atoms with E-state index in [-0.39, 0.29) is 5.82 Å². The fourth-order valence-corrected chi connectivity index (χ4v) is 3.02. The lowest BCUT2D eigenvalue weighted by molar-refractivity contribution is 0.611. The van der Waals surface area contributed by atoms with Crippen LogP contribution in [-0.2, 0) is 6.42 Å². The van der Waals surface area contributed by atoms with Crippen molar-refractivity contribution in [3.05, 3.63) is 58.4 Å². The molecule has 0 N–H and O–H groups in total. The van der Waals surface area contributed by atoms with Gasteiger partial charge in [0.2, 0.25) is 0 Å². The second-order valence-corrected chi connectivity index (χ2v) is 5.67. The average molecular weight is 291 g/mol. The lowest BCUT2D eigenvalue weighted by Gasteiger charge is -2.10. The molecule has 0 unspecified atom stereocenters. The summed E-state index contributed by atoms with van der Waals surface area (Å²) >= 11 is 6.09. The van der Waals surface area contributed by atoms with Crippen LogP contribution in [0.3, 0.4) is 0 Å². The molecule has 0 spiro atoms. The van der Waals surface area contributed by atoms with Crippen LogP contribution in [0, 0.1) is 5.82 Å². The van der Waals surface area contributed by atoms with Gasteiger partial charge in [0.1, 0.15) is 16.8 Å². The highest BCUT2D eigenvalue weighted by Crippen LogP contribution is 2.33. The summed E-state index contributed by atoms with van der Waals surface area (Å²) in [4.78, 5) is 8.82. The van der Waals surface area contributed by atoms with Crippen LogP contribution in [-0.4, -0.2) is 9.97 Å². The van der Waals surface area contributed by atoms with Gasteiger partial charge in [0.25, 0.3) is 0 Å². The van der Waals surface area contributed by atoms with Crippen molar-refractivity contribution in [3.8, 4) is 0 Å². The smallest absolute Gasteiger partial charge is 0.134 e. The predicted octanol–water partition coefficient (Wildman–Crippen LogP) is 4.52. The minimum absolute atomic E-state index is 0.224. The maximum absolute atomic E-state index is 13.7. The SMILES string of the molecule is Fc1ccccc1Cc1nc(Cl)cc(C2CCCC2)n1. The largest absolute Gasteiger partial charge is 0.237 e. The molecule has 0 radical (unpaired) electrons. The van der Waals surface area contributed by atoms with Crippen LogP contribution >= 0.6 is 11.6 Å². The monoisotopic (exact) mass is 290 g/mol. The zero-order valence-electron chi connectivity index (χ0n) is 11.1. The Bertz CT molecular complexity index is 609. The van der Waals surface area contributed by atoms with Gasteiger partial charge in [-0.3, -0.25) is 0 Å². The predicted molar refractivity (Wildman–Crippen MR) is 77.5 cm³/mol. The van der Waals surface area contributed by atoms with E-state index in [1.165, 1.54) is 18.9 Å². The van der Waals surface area contributed by atoms with Gasteiger partial charge >= 0.3 is 0 Å². The highest BCUT2D eigenvalue weighted by molar-refractivity contribution is 6.29. The quantitative estimate of drug-likeness (QED) is 0.777. The molecule has 20 heavy (non-hydrogen) atoms. The van der Waals surface area contributed by atoms with Crippen LogP contribution in [0.2, 0.25) is 5.15 Å². The van der Waals surface area contributed by atoms with Gasteiger partial charge < -0.3 is 0 Å². The van der Waals surface area contributed by atoms with Gasteiger partial charge in [-0.25, -0.2) is 14.4 Å². The first-order valence-electron chi connectivity index (χ1n) is 6.99. The summed E-state index contributed by atoms with van der Waals surface area (Å²) in [6, 6.07) is 8.57. The summed E-state index contributed by atoms with van der Waals surface area (Å²) in [5, 5.41) is 0.452. The molecular formula is C16H16ClFN2. The fraction of sp³-hybridized carbons (Fsp3) is 0.375. The number of nitrogens with zero attached hydrogens (tertiary/aromatic N) is 2. The molecule has 1 aliphatic carbocycles. The summed E-state index contributed by atoms with van der Waals surface area (Å²) in [7, 11) is 0. The number of rotatable bonds is 3. The summed E-state index contributed by atoms with van der Waals surface area (Å²) in [5.74, 6) is 0.859. The molecule has 0 bridgehead atoms. The van der Waals surface area contributed by atoms with Crippen molar-refractivity contribution in [2.45, 2.75) is 38.0 Å². The van der Waals surface area contributed by atoms with Crippen molar-refractivity contribution in [1.82, 2.24) is 9.97 Å². The molecule has 4 heteroatoms. The Kier molecular flexibility index (Phi) is 3.97. The first-order valence-corrected chi connectivity index (χ1v) is 7.37. The Morgan fingerprint density at radius 1 is 1.15 bits per heavy atom. The van der Waals surface area contributed by atoms with Crippen molar-refractivity contribution < 1.29 is 4.39 Å². The topological polar surface area (TPSA) is 25.8 Å². The standard InChI is InChI=1S/C16H16ClFN2/c17-15-10-14(11-5-1-2-6-11)19-16(20-15)9-12-7-3-4-8-13(12)18/h3-4,7-8,10-11H,1-2,5-6,9H2. The van der Waals surface area contributed by atoms with Gasteiger partial charge in [-0.05, 0) is 30.5 Å². The number of benzene rings is 1. The Balaban J connectivity index is 1.88. The fourth-order valence-electron chi connectivity index (χ4n) is 2.81. The lowest BCUT2D eigenvalue weighted by Crippen LogP contribution is -2.04. The molecule has 3 rings (SSSR count). The molecule has 2 nitrogen and oxygen atoms in total. The molecule has 1 fully saturated rings. The second-order valence-electron chi connectivity index (χ2n) is 5.28. The minimum atomic E-state index is -0.224. The third-order valence-corrected chi connectivity index (χ3v) is 4.03. The van der Waals surface area contributed by atoms with E-state index in [0.29, 0.717) is 28.9 Å². The van der Waals surface area contributed by atoms with E-state index in [2.05, 4.69) is 9.97 Å². The Morgan fingerprint density at radius 3 is 2.65 bits per heavy atom. The van der Waals surface area contributed by atoms with E-state index < -0.39 is 0 Å². The molecule has 2 aromatic rings. The third kappa shape index (κ3) is 2.98. The first-order chi connectivity index (χ1) is 9.72. The summed E-state index contributed by atoms with van der Waals surface area (Å²) in [6.07, 6.45) is 5.19. The number of aromatic nitrogens is 2. The summed E-state index contributed by atoms with van der Waals surface area (Å²) in [5.41, 5.74) is 1.61. The Hall–Kier alpha value is -1.48. The third-order valence-electron chi connectivity index (χ3n) is 3.84. The highest BCUT2D eigenvalue weighted by Gasteiger charge is 2.20. The van der Waals surface area contributed by atoms with Crippen LogP contribution < -0.4 is 0 Å². The molecule has 104 valence electrons. The molecule has 1 aromatic carbocycles. The number of hydrogen-bond acceptors (Lipinski definition) is 2. The van der Waals surface area contributed by atoms with E-state index in [9.17, 15) is 4.39 Å². The molecule has 0 atom stereocenters. The van der Waals surface area contributed by atoms with Crippen LogP contribution in [0.15, 0.2) is 30.3 Å². The maximum atomic E-state index is 13.7. The van der Waals surface area contributed by atoms with Crippen molar-refractivity contribution >= 4 is 11.6 Å². The molecule has 1 saturated carbocycles.